The highest BCUT2D eigenvalue weighted by molar-refractivity contribution is 7.98. The van der Waals surface area contributed by atoms with Crippen LogP contribution in [0.15, 0.2) is 40.0 Å². The van der Waals surface area contributed by atoms with Crippen LogP contribution in [0.2, 0.25) is 0 Å². The fourth-order valence-electron chi connectivity index (χ4n) is 3.57. The second kappa shape index (κ2) is 9.50. The predicted molar refractivity (Wildman–Crippen MR) is 103 cm³/mol. The minimum Gasteiger partial charge on any atom is -0.408 e. The number of thioether (sulfide) groups is 1. The molecule has 2 aromatic rings. The Morgan fingerprint density at radius 1 is 1.21 bits per heavy atom. The number of amides is 2. The van der Waals surface area contributed by atoms with Crippen LogP contribution in [0.5, 0.6) is 0 Å². The molecule has 148 valence electrons. The Balaban J connectivity index is 1.79. The Morgan fingerprint density at radius 3 is 2.64 bits per heavy atom. The van der Waals surface area contributed by atoms with Crippen LogP contribution in [0.25, 0.3) is 0 Å². The van der Waals surface area contributed by atoms with E-state index in [2.05, 4.69) is 20.8 Å². The lowest BCUT2D eigenvalue weighted by atomic mass is 9.78. The summed E-state index contributed by atoms with van der Waals surface area (Å²) in [5.41, 5.74) is 0.555. The van der Waals surface area contributed by atoms with E-state index in [1.54, 1.807) is 30.5 Å². The monoisotopic (exact) mass is 402 g/mol. The largest absolute Gasteiger partial charge is 0.408 e. The zero-order valence-corrected chi connectivity index (χ0v) is 16.3. The molecule has 1 heterocycles. The first-order valence-corrected chi connectivity index (χ1v) is 10.3. The Labute approximate surface area is 166 Å². The fraction of sp³-hybridized carbons (Fsp3) is 0.421. The summed E-state index contributed by atoms with van der Waals surface area (Å²) in [5, 5.41) is 13.5. The maximum atomic E-state index is 12.9. The Hall–Kier alpha value is -2.68. The number of carbonyl (C=O) groups is 3. The van der Waals surface area contributed by atoms with Crippen LogP contribution in [-0.4, -0.2) is 46.6 Å². The molecular weight excluding hydrogens is 380 g/mol. The number of nitrogens with zero attached hydrogens (tertiary/aromatic N) is 2. The number of Topliss-reactive ketones (excluding diaryl/α,β-unsaturated/α-hetero) is 1. The van der Waals surface area contributed by atoms with Gasteiger partial charge in [0.2, 0.25) is 12.2 Å². The first-order valence-electron chi connectivity index (χ1n) is 9.11. The molecule has 0 aliphatic heterocycles. The third-order valence-corrected chi connectivity index (χ3v) is 5.44. The maximum Gasteiger partial charge on any atom is 0.286 e. The van der Waals surface area contributed by atoms with Gasteiger partial charge in [0.25, 0.3) is 17.0 Å². The van der Waals surface area contributed by atoms with Crippen molar-refractivity contribution in [2.24, 2.45) is 5.92 Å². The number of rotatable bonds is 8. The van der Waals surface area contributed by atoms with Crippen molar-refractivity contribution in [3.63, 3.8) is 0 Å². The molecule has 1 aromatic carbocycles. The van der Waals surface area contributed by atoms with E-state index < -0.39 is 11.8 Å². The molecule has 3 atom stereocenters. The number of aromatic nitrogens is 2. The number of carbonyl (C=O) groups excluding carboxylic acids is 3. The molecule has 1 saturated carbocycles. The quantitative estimate of drug-likeness (QED) is 0.395. The summed E-state index contributed by atoms with van der Waals surface area (Å²) in [6, 6.07) is 7.83. The summed E-state index contributed by atoms with van der Waals surface area (Å²) in [6.45, 7) is 0. The van der Waals surface area contributed by atoms with Gasteiger partial charge >= 0.3 is 0 Å². The van der Waals surface area contributed by atoms with Crippen molar-refractivity contribution in [1.29, 1.82) is 0 Å². The number of benzene rings is 1. The molecule has 1 aromatic heterocycles. The molecule has 1 unspecified atom stereocenters. The van der Waals surface area contributed by atoms with Crippen molar-refractivity contribution in [3.8, 4) is 0 Å². The van der Waals surface area contributed by atoms with Crippen molar-refractivity contribution in [3.05, 3.63) is 41.8 Å². The minimum absolute atomic E-state index is 0.137. The third-order valence-electron chi connectivity index (χ3n) is 4.92. The van der Waals surface area contributed by atoms with E-state index in [4.69, 9.17) is 4.42 Å². The predicted octanol–water partition coefficient (Wildman–Crippen LogP) is 2.08. The molecule has 3 rings (SSSR count). The Kier molecular flexibility index (Phi) is 6.80. The molecule has 9 heteroatoms. The second-order valence-corrected chi connectivity index (χ2v) is 7.36. The molecular formula is C19H22N4O4S. The molecule has 1 aliphatic rings. The van der Waals surface area contributed by atoms with Gasteiger partial charge in [-0.05, 0) is 31.2 Å². The van der Waals surface area contributed by atoms with Gasteiger partial charge in [-0.1, -0.05) is 42.8 Å². The first-order chi connectivity index (χ1) is 13.6. The van der Waals surface area contributed by atoms with Gasteiger partial charge in [-0.3, -0.25) is 14.4 Å². The van der Waals surface area contributed by atoms with Crippen LogP contribution < -0.4 is 10.6 Å². The normalized spacial score (nSPS) is 20.2. The number of ketones is 1. The standard InChI is InChI=1S/C19H22N4O4S/c1-28-19-23-22-18(27-19)16(25)15(20-11-24)13-9-5-6-10-14(13)21-17(26)12-7-3-2-4-8-12/h2-4,7-8,11,13-15H,5-6,9-10H2,1H3,(H,20,24)(H,21,26)/t13-,14+,15?/m1/s1. The molecule has 1 fully saturated rings. The average Bonchev–Trinajstić information content (AvgIpc) is 3.22. The maximum absolute atomic E-state index is 12.9. The fourth-order valence-corrected chi connectivity index (χ4v) is 3.86. The van der Waals surface area contributed by atoms with E-state index in [1.807, 2.05) is 6.07 Å². The summed E-state index contributed by atoms with van der Waals surface area (Å²) in [7, 11) is 0. The lowest BCUT2D eigenvalue weighted by Gasteiger charge is -2.36. The summed E-state index contributed by atoms with van der Waals surface area (Å²) < 4.78 is 5.35. The van der Waals surface area contributed by atoms with E-state index in [9.17, 15) is 14.4 Å². The van der Waals surface area contributed by atoms with Crippen molar-refractivity contribution < 1.29 is 18.8 Å². The van der Waals surface area contributed by atoms with E-state index in [0.717, 1.165) is 19.3 Å². The molecule has 2 amide bonds. The van der Waals surface area contributed by atoms with Gasteiger partial charge in [0.15, 0.2) is 0 Å². The van der Waals surface area contributed by atoms with E-state index >= 15 is 0 Å². The highest BCUT2D eigenvalue weighted by atomic mass is 32.2. The van der Waals surface area contributed by atoms with Crippen LogP contribution in [-0.2, 0) is 4.79 Å². The van der Waals surface area contributed by atoms with Crippen molar-refractivity contribution in [2.45, 2.75) is 43.0 Å². The lowest BCUT2D eigenvalue weighted by molar-refractivity contribution is -0.110. The molecule has 0 saturated heterocycles. The van der Waals surface area contributed by atoms with Crippen molar-refractivity contribution >= 4 is 29.9 Å². The summed E-state index contributed by atoms with van der Waals surface area (Å²) in [4.78, 5) is 36.7. The summed E-state index contributed by atoms with van der Waals surface area (Å²) in [5.74, 6) is -1.03. The van der Waals surface area contributed by atoms with Gasteiger partial charge in [-0.25, -0.2) is 0 Å². The summed E-state index contributed by atoms with van der Waals surface area (Å²) >= 11 is 1.23. The Morgan fingerprint density at radius 2 is 1.96 bits per heavy atom. The third kappa shape index (κ3) is 4.59. The SMILES string of the molecule is CSc1nnc(C(=O)C(NC=O)[C@@H]2CCCC[C@@H]2NC(=O)c2ccccc2)o1. The van der Waals surface area contributed by atoms with Gasteiger partial charge in [-0.2, -0.15) is 0 Å². The van der Waals surface area contributed by atoms with Gasteiger partial charge in [0.05, 0.1) is 0 Å². The van der Waals surface area contributed by atoms with Crippen LogP contribution in [0.4, 0.5) is 0 Å². The van der Waals surface area contributed by atoms with E-state index in [1.165, 1.54) is 11.8 Å². The van der Waals surface area contributed by atoms with E-state index in [-0.39, 0.29) is 29.0 Å². The first kappa shape index (κ1) is 20.1. The smallest absolute Gasteiger partial charge is 0.286 e. The average molecular weight is 402 g/mol. The van der Waals surface area contributed by atoms with Gasteiger partial charge in [0.1, 0.15) is 6.04 Å². The second-order valence-electron chi connectivity index (χ2n) is 6.60. The molecule has 8 nitrogen and oxygen atoms in total. The van der Waals surface area contributed by atoms with Crippen LogP contribution in [0.1, 0.15) is 46.7 Å². The summed E-state index contributed by atoms with van der Waals surface area (Å²) in [6.07, 6.45) is 5.54. The topological polar surface area (TPSA) is 114 Å². The van der Waals surface area contributed by atoms with Gasteiger partial charge < -0.3 is 15.1 Å². The lowest BCUT2D eigenvalue weighted by Crippen LogP contribution is -2.53. The molecule has 0 bridgehead atoms. The molecule has 2 N–H and O–H groups in total. The highest BCUT2D eigenvalue weighted by Crippen LogP contribution is 2.29. The Bertz CT molecular complexity index is 826. The number of nitrogens with one attached hydrogen (secondary N) is 2. The van der Waals surface area contributed by atoms with Crippen molar-refractivity contribution in [1.82, 2.24) is 20.8 Å². The zero-order chi connectivity index (χ0) is 19.9. The molecule has 1 aliphatic carbocycles. The van der Waals surface area contributed by atoms with Gasteiger partial charge in [-0.15, -0.1) is 10.2 Å². The molecule has 0 spiro atoms. The molecule has 28 heavy (non-hydrogen) atoms. The van der Waals surface area contributed by atoms with Crippen molar-refractivity contribution in [2.75, 3.05) is 6.26 Å². The highest BCUT2D eigenvalue weighted by Gasteiger charge is 2.39. The number of hydrogen-bond donors (Lipinski definition) is 2. The van der Waals surface area contributed by atoms with Gasteiger partial charge in [0, 0.05) is 17.5 Å². The minimum atomic E-state index is -0.839. The number of hydrogen-bond acceptors (Lipinski definition) is 7. The van der Waals surface area contributed by atoms with Crippen LogP contribution in [0, 0.1) is 5.92 Å². The van der Waals surface area contributed by atoms with Crippen LogP contribution in [0.3, 0.4) is 0 Å². The van der Waals surface area contributed by atoms with E-state index in [0.29, 0.717) is 18.4 Å². The molecule has 0 radical (unpaired) electrons. The van der Waals surface area contributed by atoms with Crippen LogP contribution >= 0.6 is 11.8 Å². The zero-order valence-electron chi connectivity index (χ0n) is 15.5.